The summed E-state index contributed by atoms with van der Waals surface area (Å²) < 4.78 is 5.34. The molecule has 0 saturated heterocycles. The Morgan fingerprint density at radius 1 is 1.32 bits per heavy atom. The molecule has 0 atom stereocenters. The van der Waals surface area contributed by atoms with E-state index < -0.39 is 5.54 Å². The quantitative estimate of drug-likeness (QED) is 0.927. The molecule has 0 unspecified atom stereocenters. The molecule has 0 aliphatic carbocycles. The summed E-state index contributed by atoms with van der Waals surface area (Å²) >= 11 is 5.94. The molecule has 1 heterocycles. The Balaban J connectivity index is 2.41. The van der Waals surface area contributed by atoms with Crippen molar-refractivity contribution in [2.75, 3.05) is 0 Å². The number of hydrogen-bond donors (Lipinski definition) is 1. The van der Waals surface area contributed by atoms with Crippen LogP contribution in [-0.2, 0) is 5.54 Å². The summed E-state index contributed by atoms with van der Waals surface area (Å²) in [5.41, 5.74) is 7.62. The van der Waals surface area contributed by atoms with Crippen molar-refractivity contribution in [1.29, 1.82) is 0 Å². The van der Waals surface area contributed by atoms with Gasteiger partial charge in [0.15, 0.2) is 5.82 Å². The van der Waals surface area contributed by atoms with Crippen molar-refractivity contribution < 1.29 is 4.52 Å². The van der Waals surface area contributed by atoms with Crippen LogP contribution in [0.2, 0.25) is 5.02 Å². The van der Waals surface area contributed by atoms with Crippen molar-refractivity contribution in [1.82, 2.24) is 10.1 Å². The normalized spacial score (nSPS) is 11.8. The molecular formula is C14H18ClN3O. The number of halogens is 1. The maximum absolute atomic E-state index is 6.27. The monoisotopic (exact) mass is 279 g/mol. The zero-order valence-corrected chi connectivity index (χ0v) is 12.2. The highest BCUT2D eigenvalue weighted by molar-refractivity contribution is 6.30. The fraction of sp³-hybridized carbons (Fsp3) is 0.429. The summed E-state index contributed by atoms with van der Waals surface area (Å²) in [7, 11) is 0. The van der Waals surface area contributed by atoms with Crippen molar-refractivity contribution in [2.45, 2.75) is 39.2 Å². The minimum Gasteiger partial charge on any atom is -0.334 e. The summed E-state index contributed by atoms with van der Waals surface area (Å²) in [5.74, 6) is 1.04. The van der Waals surface area contributed by atoms with Crippen molar-refractivity contribution in [3.63, 3.8) is 0 Å². The number of benzene rings is 1. The van der Waals surface area contributed by atoms with Crippen LogP contribution < -0.4 is 5.73 Å². The van der Waals surface area contributed by atoms with Gasteiger partial charge in [-0.25, -0.2) is 0 Å². The fourth-order valence-corrected chi connectivity index (χ4v) is 2.20. The molecule has 0 aliphatic heterocycles. The second-order valence-electron chi connectivity index (χ2n) is 4.75. The molecule has 0 radical (unpaired) electrons. The van der Waals surface area contributed by atoms with Gasteiger partial charge >= 0.3 is 0 Å². The summed E-state index contributed by atoms with van der Waals surface area (Å²) in [6.07, 6.45) is 1.53. The first-order chi connectivity index (χ1) is 9.00. The first kappa shape index (κ1) is 14.0. The molecule has 0 bridgehead atoms. The topological polar surface area (TPSA) is 64.9 Å². The number of nitrogens with zero attached hydrogens (tertiary/aromatic N) is 2. The molecule has 0 amide bonds. The highest BCUT2D eigenvalue weighted by atomic mass is 35.5. The molecule has 4 nitrogen and oxygen atoms in total. The fourth-order valence-electron chi connectivity index (χ4n) is 1.97. The van der Waals surface area contributed by atoms with Gasteiger partial charge in [0.2, 0.25) is 0 Å². The molecule has 0 saturated carbocycles. The molecular weight excluding hydrogens is 262 g/mol. The molecule has 5 heteroatoms. The predicted molar refractivity (Wildman–Crippen MR) is 75.9 cm³/mol. The number of aryl methyl sites for hydroxylation is 1. The van der Waals surface area contributed by atoms with Crippen LogP contribution in [0.5, 0.6) is 0 Å². The Hall–Kier alpha value is -1.39. The van der Waals surface area contributed by atoms with E-state index >= 15 is 0 Å². The molecule has 2 aromatic rings. The van der Waals surface area contributed by atoms with E-state index in [1.54, 1.807) is 0 Å². The maximum Gasteiger partial charge on any atom is 0.258 e. The Kier molecular flexibility index (Phi) is 3.92. The standard InChI is InChI=1S/C14H18ClN3O/c1-4-14(16,5-2)13-17-12(19-18-13)11-7-6-10(15)8-9(11)3/h6-8H,4-5,16H2,1-3H3. The molecule has 102 valence electrons. The average molecular weight is 280 g/mol. The van der Waals surface area contributed by atoms with Crippen LogP contribution in [0.15, 0.2) is 22.7 Å². The summed E-state index contributed by atoms with van der Waals surface area (Å²) in [5, 5.41) is 4.72. The summed E-state index contributed by atoms with van der Waals surface area (Å²) in [4.78, 5) is 4.44. The Bertz CT molecular complexity index is 576. The first-order valence-corrected chi connectivity index (χ1v) is 6.77. The van der Waals surface area contributed by atoms with E-state index in [9.17, 15) is 0 Å². The molecule has 0 aliphatic rings. The maximum atomic E-state index is 6.27. The van der Waals surface area contributed by atoms with E-state index in [1.807, 2.05) is 39.0 Å². The van der Waals surface area contributed by atoms with E-state index in [0.29, 0.717) is 16.7 Å². The van der Waals surface area contributed by atoms with E-state index in [1.165, 1.54) is 0 Å². The van der Waals surface area contributed by atoms with Gasteiger partial charge in [-0.2, -0.15) is 4.98 Å². The van der Waals surface area contributed by atoms with Gasteiger partial charge < -0.3 is 10.3 Å². The minimum absolute atomic E-state index is 0.487. The van der Waals surface area contributed by atoms with E-state index in [-0.39, 0.29) is 0 Å². The lowest BCUT2D eigenvalue weighted by Gasteiger charge is -2.21. The van der Waals surface area contributed by atoms with Crippen molar-refractivity contribution in [3.8, 4) is 11.5 Å². The third kappa shape index (κ3) is 2.65. The number of nitrogens with two attached hydrogens (primary N) is 1. The lowest BCUT2D eigenvalue weighted by atomic mass is 9.93. The third-order valence-electron chi connectivity index (χ3n) is 3.55. The highest BCUT2D eigenvalue weighted by Crippen LogP contribution is 2.28. The van der Waals surface area contributed by atoms with Crippen molar-refractivity contribution >= 4 is 11.6 Å². The van der Waals surface area contributed by atoms with Crippen LogP contribution in [0.25, 0.3) is 11.5 Å². The second-order valence-corrected chi connectivity index (χ2v) is 5.18. The third-order valence-corrected chi connectivity index (χ3v) is 3.79. The van der Waals surface area contributed by atoms with Gasteiger partial charge in [0.1, 0.15) is 0 Å². The number of hydrogen-bond acceptors (Lipinski definition) is 4. The minimum atomic E-state index is -0.526. The smallest absolute Gasteiger partial charge is 0.258 e. The predicted octanol–water partition coefficient (Wildman–Crippen LogP) is 3.67. The largest absolute Gasteiger partial charge is 0.334 e. The van der Waals surface area contributed by atoms with Crippen LogP contribution >= 0.6 is 11.6 Å². The molecule has 2 rings (SSSR count). The summed E-state index contributed by atoms with van der Waals surface area (Å²) in [6.45, 7) is 6.00. The Labute approximate surface area is 118 Å². The van der Waals surface area contributed by atoms with Crippen LogP contribution in [0, 0.1) is 6.92 Å². The number of rotatable bonds is 4. The van der Waals surface area contributed by atoms with Crippen LogP contribution in [0.3, 0.4) is 0 Å². The van der Waals surface area contributed by atoms with E-state index in [0.717, 1.165) is 24.0 Å². The van der Waals surface area contributed by atoms with Crippen molar-refractivity contribution in [2.24, 2.45) is 5.73 Å². The molecule has 1 aromatic carbocycles. The molecule has 0 spiro atoms. The van der Waals surface area contributed by atoms with Crippen LogP contribution in [0.1, 0.15) is 38.1 Å². The lowest BCUT2D eigenvalue weighted by molar-refractivity contribution is 0.350. The summed E-state index contributed by atoms with van der Waals surface area (Å²) in [6, 6.07) is 5.56. The Morgan fingerprint density at radius 2 is 2.00 bits per heavy atom. The highest BCUT2D eigenvalue weighted by Gasteiger charge is 2.29. The second kappa shape index (κ2) is 5.31. The van der Waals surface area contributed by atoms with Crippen LogP contribution in [-0.4, -0.2) is 10.1 Å². The van der Waals surface area contributed by atoms with E-state index in [2.05, 4.69) is 10.1 Å². The van der Waals surface area contributed by atoms with Gasteiger partial charge in [0.25, 0.3) is 5.89 Å². The van der Waals surface area contributed by atoms with Gasteiger partial charge in [-0.1, -0.05) is 30.6 Å². The molecule has 0 fully saturated rings. The molecule has 1 aromatic heterocycles. The van der Waals surface area contributed by atoms with E-state index in [4.69, 9.17) is 21.9 Å². The Morgan fingerprint density at radius 3 is 2.58 bits per heavy atom. The SMILES string of the molecule is CCC(N)(CC)c1noc(-c2ccc(Cl)cc2C)n1. The number of aromatic nitrogens is 2. The zero-order chi connectivity index (χ0) is 14.0. The first-order valence-electron chi connectivity index (χ1n) is 6.39. The lowest BCUT2D eigenvalue weighted by Crippen LogP contribution is -2.36. The molecule has 19 heavy (non-hydrogen) atoms. The van der Waals surface area contributed by atoms with Crippen LogP contribution in [0.4, 0.5) is 0 Å². The van der Waals surface area contributed by atoms with Gasteiger partial charge in [-0.3, -0.25) is 0 Å². The van der Waals surface area contributed by atoms with Crippen molar-refractivity contribution in [3.05, 3.63) is 34.6 Å². The van der Waals surface area contributed by atoms with Gasteiger partial charge in [-0.05, 0) is 43.5 Å². The average Bonchev–Trinajstić information content (AvgIpc) is 2.88. The van der Waals surface area contributed by atoms with Gasteiger partial charge in [-0.15, -0.1) is 0 Å². The molecule has 2 N–H and O–H groups in total. The van der Waals surface area contributed by atoms with Gasteiger partial charge in [0, 0.05) is 10.6 Å². The van der Waals surface area contributed by atoms with Gasteiger partial charge in [0.05, 0.1) is 5.54 Å². The zero-order valence-electron chi connectivity index (χ0n) is 11.4.